The highest BCUT2D eigenvalue weighted by Gasteiger charge is 2.08. The van der Waals surface area contributed by atoms with Crippen molar-refractivity contribution in [1.29, 1.82) is 0 Å². The van der Waals surface area contributed by atoms with Gasteiger partial charge in [0.05, 0.1) is 0 Å². The van der Waals surface area contributed by atoms with Gasteiger partial charge in [0.1, 0.15) is 0 Å². The van der Waals surface area contributed by atoms with Gasteiger partial charge in [-0.1, -0.05) is 33.6 Å². The van der Waals surface area contributed by atoms with E-state index in [0.29, 0.717) is 0 Å². The van der Waals surface area contributed by atoms with Crippen LogP contribution in [0.4, 0.5) is 0 Å². The van der Waals surface area contributed by atoms with Crippen LogP contribution in [0.25, 0.3) is 0 Å². The summed E-state index contributed by atoms with van der Waals surface area (Å²) in [7, 11) is 0. The summed E-state index contributed by atoms with van der Waals surface area (Å²) < 4.78 is 1.01. The predicted octanol–water partition coefficient (Wildman–Crippen LogP) is 3.49. The van der Waals surface area contributed by atoms with Crippen LogP contribution in [0.5, 0.6) is 0 Å². The van der Waals surface area contributed by atoms with Crippen LogP contribution in [0.15, 0.2) is 22.7 Å². The molecule has 0 spiro atoms. The molecular weight excluding hydrogens is 288 g/mol. The first-order chi connectivity index (χ1) is 7.65. The number of nitrogens with one attached hydrogen (secondary N) is 1. The van der Waals surface area contributed by atoms with Crippen molar-refractivity contribution in [3.63, 3.8) is 0 Å². The predicted molar refractivity (Wildman–Crippen MR) is 73.9 cm³/mol. The molecule has 0 saturated carbocycles. The second-order valence-corrected chi connectivity index (χ2v) is 5.16. The fraction of sp³-hybridized carbons (Fsp3) is 0.500. The third-order valence-corrected chi connectivity index (χ3v) is 3.33. The molecule has 16 heavy (non-hydrogen) atoms. The van der Waals surface area contributed by atoms with Crippen LogP contribution < -0.4 is 11.1 Å². The average Bonchev–Trinajstić information content (AvgIpc) is 2.24. The molecule has 0 fully saturated rings. The monoisotopic (exact) mass is 304 g/mol. The Balaban J connectivity index is 2.49. The summed E-state index contributed by atoms with van der Waals surface area (Å²) in [5.74, 6) is 0. The van der Waals surface area contributed by atoms with Gasteiger partial charge >= 0.3 is 0 Å². The van der Waals surface area contributed by atoms with Gasteiger partial charge in [0.25, 0.3) is 0 Å². The van der Waals surface area contributed by atoms with Gasteiger partial charge in [0.15, 0.2) is 0 Å². The zero-order chi connectivity index (χ0) is 12.0. The Kier molecular flexibility index (Phi) is 6.36. The highest BCUT2D eigenvalue weighted by molar-refractivity contribution is 9.10. The van der Waals surface area contributed by atoms with E-state index in [2.05, 4.69) is 28.2 Å². The number of unbranched alkanes of at least 4 members (excludes halogenated alkanes) is 1. The van der Waals surface area contributed by atoms with Crippen molar-refractivity contribution in [1.82, 2.24) is 5.32 Å². The van der Waals surface area contributed by atoms with E-state index < -0.39 is 0 Å². The number of benzene rings is 1. The first-order valence-electron chi connectivity index (χ1n) is 5.53. The van der Waals surface area contributed by atoms with Gasteiger partial charge < -0.3 is 11.1 Å². The molecule has 3 N–H and O–H groups in total. The summed E-state index contributed by atoms with van der Waals surface area (Å²) in [6, 6.07) is 6.26. The van der Waals surface area contributed by atoms with Crippen molar-refractivity contribution in [3.8, 4) is 0 Å². The molecule has 2 nitrogen and oxygen atoms in total. The Morgan fingerprint density at radius 1 is 1.44 bits per heavy atom. The lowest BCUT2D eigenvalue weighted by molar-refractivity contribution is 0.549. The first-order valence-corrected chi connectivity index (χ1v) is 6.70. The van der Waals surface area contributed by atoms with E-state index in [9.17, 15) is 0 Å². The third kappa shape index (κ3) is 4.42. The SMILES string of the molecule is CC(NCCCCN)c1ccc(Br)cc1Cl. The smallest absolute Gasteiger partial charge is 0.0464 e. The van der Waals surface area contributed by atoms with E-state index in [1.807, 2.05) is 18.2 Å². The topological polar surface area (TPSA) is 38.0 Å². The first kappa shape index (κ1) is 14.0. The Labute approximate surface area is 111 Å². The fourth-order valence-corrected chi connectivity index (χ4v) is 2.39. The van der Waals surface area contributed by atoms with E-state index in [0.717, 1.165) is 41.0 Å². The summed E-state index contributed by atoms with van der Waals surface area (Å²) >= 11 is 9.57. The van der Waals surface area contributed by atoms with Gasteiger partial charge in [-0.2, -0.15) is 0 Å². The molecule has 1 rings (SSSR count). The van der Waals surface area contributed by atoms with E-state index in [1.54, 1.807) is 0 Å². The third-order valence-electron chi connectivity index (χ3n) is 2.51. The van der Waals surface area contributed by atoms with Gasteiger partial charge in [-0.15, -0.1) is 0 Å². The molecule has 1 aromatic carbocycles. The lowest BCUT2D eigenvalue weighted by Gasteiger charge is -2.15. The summed E-state index contributed by atoms with van der Waals surface area (Å²) in [5.41, 5.74) is 6.58. The summed E-state index contributed by atoms with van der Waals surface area (Å²) in [6.07, 6.45) is 2.17. The molecule has 1 aromatic rings. The minimum Gasteiger partial charge on any atom is -0.330 e. The molecule has 0 bridgehead atoms. The average molecular weight is 306 g/mol. The van der Waals surface area contributed by atoms with Crippen molar-refractivity contribution in [3.05, 3.63) is 33.3 Å². The van der Waals surface area contributed by atoms with Gasteiger partial charge in [-0.05, 0) is 50.6 Å². The molecule has 0 aromatic heterocycles. The van der Waals surface area contributed by atoms with Crippen LogP contribution in [0, 0.1) is 0 Å². The minimum atomic E-state index is 0.276. The van der Waals surface area contributed by atoms with Crippen molar-refractivity contribution in [2.75, 3.05) is 13.1 Å². The lowest BCUT2D eigenvalue weighted by atomic mass is 10.1. The molecule has 0 heterocycles. The second-order valence-electron chi connectivity index (χ2n) is 3.84. The largest absolute Gasteiger partial charge is 0.330 e. The number of hydrogen-bond donors (Lipinski definition) is 2. The van der Waals surface area contributed by atoms with Crippen LogP contribution in [0.2, 0.25) is 5.02 Å². The van der Waals surface area contributed by atoms with Crippen LogP contribution >= 0.6 is 27.5 Å². The molecule has 0 aliphatic heterocycles. The van der Waals surface area contributed by atoms with Gasteiger partial charge in [0.2, 0.25) is 0 Å². The molecule has 1 atom stereocenters. The van der Waals surface area contributed by atoms with E-state index in [4.69, 9.17) is 17.3 Å². The molecule has 4 heteroatoms. The summed E-state index contributed by atoms with van der Waals surface area (Å²) in [6.45, 7) is 3.86. The van der Waals surface area contributed by atoms with Crippen molar-refractivity contribution >= 4 is 27.5 Å². The number of rotatable bonds is 6. The minimum absolute atomic E-state index is 0.276. The van der Waals surface area contributed by atoms with Gasteiger partial charge in [-0.25, -0.2) is 0 Å². The highest BCUT2D eigenvalue weighted by Crippen LogP contribution is 2.26. The van der Waals surface area contributed by atoms with E-state index in [1.165, 1.54) is 0 Å². The van der Waals surface area contributed by atoms with Crippen molar-refractivity contribution in [2.45, 2.75) is 25.8 Å². The Hall–Kier alpha value is -0.0900. The maximum absolute atomic E-state index is 6.17. The zero-order valence-corrected chi connectivity index (χ0v) is 11.8. The van der Waals surface area contributed by atoms with Crippen molar-refractivity contribution < 1.29 is 0 Å². The lowest BCUT2D eigenvalue weighted by Crippen LogP contribution is -2.20. The van der Waals surface area contributed by atoms with Gasteiger partial charge in [-0.3, -0.25) is 0 Å². The zero-order valence-electron chi connectivity index (χ0n) is 9.47. The molecule has 90 valence electrons. The molecular formula is C12H18BrClN2. The number of hydrogen-bond acceptors (Lipinski definition) is 2. The molecule has 0 saturated heterocycles. The molecule has 0 amide bonds. The number of halogens is 2. The standard InChI is InChI=1S/C12H18BrClN2/c1-9(16-7-3-2-6-15)11-5-4-10(13)8-12(11)14/h4-5,8-9,16H,2-3,6-7,15H2,1H3. The molecule has 1 unspecified atom stereocenters. The van der Waals surface area contributed by atoms with E-state index >= 15 is 0 Å². The normalized spacial score (nSPS) is 12.8. The molecule has 0 aliphatic carbocycles. The second kappa shape index (κ2) is 7.28. The van der Waals surface area contributed by atoms with Crippen LogP contribution in [-0.4, -0.2) is 13.1 Å². The van der Waals surface area contributed by atoms with Crippen LogP contribution in [-0.2, 0) is 0 Å². The Morgan fingerprint density at radius 2 is 2.19 bits per heavy atom. The maximum Gasteiger partial charge on any atom is 0.0464 e. The molecule has 0 radical (unpaired) electrons. The summed E-state index contributed by atoms with van der Waals surface area (Å²) in [5, 5.41) is 4.24. The maximum atomic E-state index is 6.17. The Bertz CT molecular complexity index is 331. The number of nitrogens with two attached hydrogens (primary N) is 1. The fourth-order valence-electron chi connectivity index (χ4n) is 1.55. The van der Waals surface area contributed by atoms with E-state index in [-0.39, 0.29) is 6.04 Å². The van der Waals surface area contributed by atoms with Crippen LogP contribution in [0.3, 0.4) is 0 Å². The van der Waals surface area contributed by atoms with Crippen LogP contribution in [0.1, 0.15) is 31.4 Å². The molecule has 0 aliphatic rings. The van der Waals surface area contributed by atoms with Gasteiger partial charge in [0, 0.05) is 15.5 Å². The quantitative estimate of drug-likeness (QED) is 0.790. The van der Waals surface area contributed by atoms with Crippen molar-refractivity contribution in [2.24, 2.45) is 5.73 Å². The Morgan fingerprint density at radius 3 is 2.81 bits per heavy atom. The summed E-state index contributed by atoms with van der Waals surface area (Å²) in [4.78, 5) is 0. The highest BCUT2D eigenvalue weighted by atomic mass is 79.9.